The lowest BCUT2D eigenvalue weighted by Gasteiger charge is -2.21. The average molecular weight is 437 g/mol. The molecular formula is C25H28N2O3S. The summed E-state index contributed by atoms with van der Waals surface area (Å²) in [6, 6.07) is 21.3. The molecule has 0 aliphatic heterocycles. The number of hydrogen-bond donors (Lipinski definition) is 1. The number of nitrogens with zero attached hydrogens (tertiary/aromatic N) is 1. The number of hydrogen-bond acceptors (Lipinski definition) is 3. The Balaban J connectivity index is 1.82. The van der Waals surface area contributed by atoms with Gasteiger partial charge in [0.15, 0.2) is 0 Å². The highest BCUT2D eigenvalue weighted by atomic mass is 32.2. The van der Waals surface area contributed by atoms with Crippen LogP contribution in [-0.2, 0) is 10.0 Å². The third-order valence-corrected chi connectivity index (χ3v) is 7.14. The molecule has 0 spiro atoms. The predicted octanol–water partition coefficient (Wildman–Crippen LogP) is 5.01. The zero-order valence-electron chi connectivity index (χ0n) is 18.3. The quantitative estimate of drug-likeness (QED) is 0.566. The summed E-state index contributed by atoms with van der Waals surface area (Å²) in [6.07, 6.45) is 0.746. The van der Waals surface area contributed by atoms with Crippen molar-refractivity contribution in [2.75, 3.05) is 11.4 Å². The molecule has 0 saturated carbocycles. The molecule has 0 aliphatic rings. The highest BCUT2D eigenvalue weighted by Gasteiger charge is 2.22. The second kappa shape index (κ2) is 9.35. The Morgan fingerprint density at radius 1 is 0.935 bits per heavy atom. The Hall–Kier alpha value is -3.12. The number of aryl methyl sites for hydroxylation is 2. The van der Waals surface area contributed by atoms with Crippen LogP contribution in [0.1, 0.15) is 46.4 Å². The van der Waals surface area contributed by atoms with E-state index in [0.717, 1.165) is 23.1 Å². The lowest BCUT2D eigenvalue weighted by Crippen LogP contribution is -2.29. The molecular weight excluding hydrogens is 408 g/mol. The van der Waals surface area contributed by atoms with E-state index in [4.69, 9.17) is 0 Å². The van der Waals surface area contributed by atoms with Gasteiger partial charge in [0, 0.05) is 12.6 Å². The highest BCUT2D eigenvalue weighted by Crippen LogP contribution is 2.24. The standard InChI is InChI=1S/C25H28N2O3S/c1-5-24(20-13-9-18(2)10-14-20)26-25(28)21-7-6-8-22(17-21)27(4)31(29,30)23-15-11-19(3)12-16-23/h6-17,24H,5H2,1-4H3,(H,26,28)/t24-/m1/s1. The maximum absolute atomic E-state index is 13.0. The van der Waals surface area contributed by atoms with Gasteiger partial charge in [0.05, 0.1) is 16.6 Å². The van der Waals surface area contributed by atoms with Gasteiger partial charge in [0.1, 0.15) is 0 Å². The van der Waals surface area contributed by atoms with Crippen molar-refractivity contribution in [3.63, 3.8) is 0 Å². The summed E-state index contributed by atoms with van der Waals surface area (Å²) in [5.74, 6) is -0.240. The average Bonchev–Trinajstić information content (AvgIpc) is 2.78. The zero-order chi connectivity index (χ0) is 22.6. The van der Waals surface area contributed by atoms with Gasteiger partial charge in [-0.2, -0.15) is 0 Å². The van der Waals surface area contributed by atoms with Gasteiger partial charge in [0.25, 0.3) is 15.9 Å². The van der Waals surface area contributed by atoms with E-state index in [9.17, 15) is 13.2 Å². The third-order valence-electron chi connectivity index (χ3n) is 5.34. The van der Waals surface area contributed by atoms with Crippen LogP contribution in [0.4, 0.5) is 5.69 Å². The molecule has 5 nitrogen and oxygen atoms in total. The Morgan fingerprint density at radius 2 is 1.52 bits per heavy atom. The summed E-state index contributed by atoms with van der Waals surface area (Å²) in [4.78, 5) is 13.1. The van der Waals surface area contributed by atoms with E-state index in [0.29, 0.717) is 11.3 Å². The SMILES string of the molecule is CC[C@@H](NC(=O)c1cccc(N(C)S(=O)(=O)c2ccc(C)cc2)c1)c1ccc(C)cc1. The van der Waals surface area contributed by atoms with Gasteiger partial charge >= 0.3 is 0 Å². The summed E-state index contributed by atoms with van der Waals surface area (Å²) in [7, 11) is -2.23. The summed E-state index contributed by atoms with van der Waals surface area (Å²) >= 11 is 0. The van der Waals surface area contributed by atoms with Crippen LogP contribution < -0.4 is 9.62 Å². The number of amides is 1. The molecule has 3 aromatic carbocycles. The van der Waals surface area contributed by atoms with Crippen molar-refractivity contribution in [1.82, 2.24) is 5.32 Å². The van der Waals surface area contributed by atoms with Crippen molar-refractivity contribution < 1.29 is 13.2 Å². The maximum Gasteiger partial charge on any atom is 0.264 e. The van der Waals surface area contributed by atoms with Gasteiger partial charge in [-0.15, -0.1) is 0 Å². The van der Waals surface area contributed by atoms with Crippen LogP contribution in [0.2, 0.25) is 0 Å². The second-order valence-electron chi connectivity index (χ2n) is 7.68. The molecule has 1 atom stereocenters. The molecule has 1 amide bonds. The van der Waals surface area contributed by atoms with Gasteiger partial charge in [-0.25, -0.2) is 8.42 Å². The van der Waals surface area contributed by atoms with E-state index in [1.54, 1.807) is 48.5 Å². The van der Waals surface area contributed by atoms with Crippen LogP contribution in [0.3, 0.4) is 0 Å². The van der Waals surface area contributed by atoms with Crippen molar-refractivity contribution in [1.29, 1.82) is 0 Å². The molecule has 6 heteroatoms. The molecule has 0 fully saturated rings. The van der Waals surface area contributed by atoms with Crippen molar-refractivity contribution in [2.24, 2.45) is 0 Å². The third kappa shape index (κ3) is 5.14. The number of carbonyl (C=O) groups excluding carboxylic acids is 1. The van der Waals surface area contributed by atoms with Crippen LogP contribution in [0.25, 0.3) is 0 Å². The first-order chi connectivity index (χ1) is 14.7. The van der Waals surface area contributed by atoms with E-state index in [2.05, 4.69) is 5.32 Å². The lowest BCUT2D eigenvalue weighted by atomic mass is 10.0. The Morgan fingerprint density at radius 3 is 2.10 bits per heavy atom. The molecule has 0 aromatic heterocycles. The molecule has 0 bridgehead atoms. The van der Waals surface area contributed by atoms with E-state index in [1.165, 1.54) is 11.4 Å². The van der Waals surface area contributed by atoms with Crippen LogP contribution in [-0.4, -0.2) is 21.4 Å². The Kier molecular flexibility index (Phi) is 6.81. The topological polar surface area (TPSA) is 66.5 Å². The molecule has 1 N–H and O–H groups in total. The number of benzene rings is 3. The molecule has 162 valence electrons. The number of nitrogens with one attached hydrogen (secondary N) is 1. The van der Waals surface area contributed by atoms with Crippen LogP contribution in [0, 0.1) is 13.8 Å². The number of carbonyl (C=O) groups is 1. The second-order valence-corrected chi connectivity index (χ2v) is 9.65. The highest BCUT2D eigenvalue weighted by molar-refractivity contribution is 7.92. The molecule has 0 radical (unpaired) electrons. The van der Waals surface area contributed by atoms with Gasteiger partial charge in [-0.3, -0.25) is 9.10 Å². The predicted molar refractivity (Wildman–Crippen MR) is 125 cm³/mol. The smallest absolute Gasteiger partial charge is 0.264 e. The Bertz CT molecular complexity index is 1150. The minimum Gasteiger partial charge on any atom is -0.345 e. The van der Waals surface area contributed by atoms with Crippen molar-refractivity contribution in [3.8, 4) is 0 Å². The summed E-state index contributed by atoms with van der Waals surface area (Å²) < 4.78 is 27.2. The number of rotatable bonds is 7. The van der Waals surface area contributed by atoms with Gasteiger partial charge in [0.2, 0.25) is 0 Å². The largest absolute Gasteiger partial charge is 0.345 e. The molecule has 0 saturated heterocycles. The number of anilines is 1. The van der Waals surface area contributed by atoms with Gasteiger partial charge in [-0.05, 0) is 56.2 Å². The molecule has 31 heavy (non-hydrogen) atoms. The molecule has 0 aliphatic carbocycles. The van der Waals surface area contributed by atoms with E-state index < -0.39 is 10.0 Å². The molecule has 0 heterocycles. The van der Waals surface area contributed by atoms with Crippen LogP contribution in [0.5, 0.6) is 0 Å². The normalized spacial score (nSPS) is 12.3. The van der Waals surface area contributed by atoms with Crippen LogP contribution in [0.15, 0.2) is 77.7 Å². The monoisotopic (exact) mass is 436 g/mol. The van der Waals surface area contributed by atoms with Gasteiger partial charge < -0.3 is 5.32 Å². The fraction of sp³-hybridized carbons (Fsp3) is 0.240. The van der Waals surface area contributed by atoms with E-state index >= 15 is 0 Å². The van der Waals surface area contributed by atoms with Crippen LogP contribution >= 0.6 is 0 Å². The maximum atomic E-state index is 13.0. The molecule has 3 aromatic rings. The minimum absolute atomic E-state index is 0.120. The van der Waals surface area contributed by atoms with Crippen molar-refractivity contribution in [2.45, 2.75) is 38.1 Å². The first-order valence-corrected chi connectivity index (χ1v) is 11.7. The first-order valence-electron chi connectivity index (χ1n) is 10.3. The van der Waals surface area contributed by atoms with E-state index in [-0.39, 0.29) is 16.8 Å². The summed E-state index contributed by atoms with van der Waals surface area (Å²) in [5, 5.41) is 3.05. The fourth-order valence-corrected chi connectivity index (χ4v) is 4.50. The first kappa shape index (κ1) is 22.6. The lowest BCUT2D eigenvalue weighted by molar-refractivity contribution is 0.0935. The van der Waals surface area contributed by atoms with Crippen molar-refractivity contribution >= 4 is 21.6 Å². The fourth-order valence-electron chi connectivity index (χ4n) is 3.31. The molecule has 0 unspecified atom stereocenters. The van der Waals surface area contributed by atoms with Crippen molar-refractivity contribution in [3.05, 3.63) is 95.1 Å². The summed E-state index contributed by atoms with van der Waals surface area (Å²) in [5.41, 5.74) is 4.03. The minimum atomic E-state index is -3.72. The van der Waals surface area contributed by atoms with E-state index in [1.807, 2.05) is 45.0 Å². The Labute approximate surface area is 184 Å². The van der Waals surface area contributed by atoms with Gasteiger partial charge in [-0.1, -0.05) is 60.5 Å². The number of sulfonamides is 1. The summed E-state index contributed by atoms with van der Waals surface area (Å²) in [6.45, 7) is 5.95. The zero-order valence-corrected chi connectivity index (χ0v) is 19.1. The molecule has 3 rings (SSSR count).